The Morgan fingerprint density at radius 1 is 1.17 bits per heavy atom. The third-order valence-corrected chi connectivity index (χ3v) is 7.80. The molecule has 0 atom stereocenters. The van der Waals surface area contributed by atoms with Crippen LogP contribution in [0.5, 0.6) is 5.75 Å². The molecule has 1 amide bonds. The van der Waals surface area contributed by atoms with Gasteiger partial charge in [-0.05, 0) is 43.7 Å². The van der Waals surface area contributed by atoms with Crippen LogP contribution in [0.4, 0.5) is 5.13 Å². The predicted octanol–water partition coefficient (Wildman–Crippen LogP) is 4.07. The Kier molecular flexibility index (Phi) is 5.14. The minimum atomic E-state index is -3.32. The molecule has 6 nitrogen and oxygen atoms in total. The average molecular weight is 429 g/mol. The van der Waals surface area contributed by atoms with Crippen LogP contribution in [0.25, 0.3) is 11.3 Å². The lowest BCUT2D eigenvalue weighted by Crippen LogP contribution is -2.15. The number of hydrogen-bond acceptors (Lipinski definition) is 6. The van der Waals surface area contributed by atoms with Crippen molar-refractivity contribution in [2.45, 2.75) is 37.0 Å². The normalized spacial score (nSPS) is 12.8. The SMILES string of the molecule is CC(C)S(=O)(=O)c1ccc(CC(=O)Nc2nc3c(s2)COc2ccccc2-3)cc1. The van der Waals surface area contributed by atoms with Gasteiger partial charge in [-0.1, -0.05) is 35.6 Å². The predicted molar refractivity (Wildman–Crippen MR) is 113 cm³/mol. The van der Waals surface area contributed by atoms with Crippen molar-refractivity contribution in [3.05, 3.63) is 59.0 Å². The molecule has 1 N–H and O–H groups in total. The van der Waals surface area contributed by atoms with Crippen molar-refractivity contribution >= 4 is 32.2 Å². The summed E-state index contributed by atoms with van der Waals surface area (Å²) in [7, 11) is -3.32. The lowest BCUT2D eigenvalue weighted by Gasteiger charge is -2.15. The van der Waals surface area contributed by atoms with Crippen LogP contribution in [0.15, 0.2) is 53.4 Å². The van der Waals surface area contributed by atoms with E-state index in [2.05, 4.69) is 10.3 Å². The first-order valence-electron chi connectivity index (χ1n) is 9.19. The highest BCUT2D eigenvalue weighted by Crippen LogP contribution is 2.40. The van der Waals surface area contributed by atoms with Crippen LogP contribution in [0, 0.1) is 0 Å². The Morgan fingerprint density at radius 3 is 2.62 bits per heavy atom. The number of fused-ring (bicyclic) bond motifs is 3. The van der Waals surface area contributed by atoms with E-state index in [1.54, 1.807) is 38.1 Å². The van der Waals surface area contributed by atoms with Crippen molar-refractivity contribution in [2.75, 3.05) is 5.32 Å². The van der Waals surface area contributed by atoms with E-state index >= 15 is 0 Å². The van der Waals surface area contributed by atoms with Gasteiger partial charge in [0.15, 0.2) is 15.0 Å². The summed E-state index contributed by atoms with van der Waals surface area (Å²) >= 11 is 1.40. The van der Waals surface area contributed by atoms with Crippen molar-refractivity contribution in [3.8, 4) is 17.0 Å². The number of rotatable bonds is 5. The van der Waals surface area contributed by atoms with E-state index in [0.717, 1.165) is 27.4 Å². The fourth-order valence-corrected chi connectivity index (χ4v) is 5.03. The number of aromatic nitrogens is 1. The summed E-state index contributed by atoms with van der Waals surface area (Å²) < 4.78 is 30.1. The Morgan fingerprint density at radius 2 is 1.90 bits per heavy atom. The molecule has 8 heteroatoms. The van der Waals surface area contributed by atoms with Crippen molar-refractivity contribution in [2.24, 2.45) is 0 Å². The molecule has 1 aliphatic heterocycles. The summed E-state index contributed by atoms with van der Waals surface area (Å²) in [5.41, 5.74) is 2.50. The third-order valence-electron chi connectivity index (χ3n) is 4.68. The molecule has 0 radical (unpaired) electrons. The third kappa shape index (κ3) is 3.90. The van der Waals surface area contributed by atoms with Gasteiger partial charge in [0.25, 0.3) is 0 Å². The average Bonchev–Trinajstić information content (AvgIpc) is 3.11. The molecular weight excluding hydrogens is 408 g/mol. The van der Waals surface area contributed by atoms with Gasteiger partial charge in [-0.2, -0.15) is 0 Å². The zero-order valence-corrected chi connectivity index (χ0v) is 17.6. The maximum Gasteiger partial charge on any atom is 0.230 e. The molecule has 0 unspecified atom stereocenters. The minimum absolute atomic E-state index is 0.138. The van der Waals surface area contributed by atoms with E-state index < -0.39 is 15.1 Å². The zero-order chi connectivity index (χ0) is 20.6. The summed E-state index contributed by atoms with van der Waals surface area (Å²) in [6, 6.07) is 14.1. The minimum Gasteiger partial charge on any atom is -0.487 e. The van der Waals surface area contributed by atoms with Crippen LogP contribution in [0.3, 0.4) is 0 Å². The number of carbonyl (C=O) groups excluding carboxylic acids is 1. The van der Waals surface area contributed by atoms with E-state index in [-0.39, 0.29) is 17.2 Å². The largest absolute Gasteiger partial charge is 0.487 e. The van der Waals surface area contributed by atoms with E-state index in [1.165, 1.54) is 11.3 Å². The summed E-state index contributed by atoms with van der Waals surface area (Å²) in [6.45, 7) is 3.73. The maximum atomic E-state index is 12.4. The van der Waals surface area contributed by atoms with Crippen LogP contribution in [-0.4, -0.2) is 24.6 Å². The quantitative estimate of drug-likeness (QED) is 0.662. The molecule has 3 aromatic rings. The standard InChI is InChI=1S/C21H20N2O4S2/c1-13(2)29(25,26)15-9-7-14(8-10-15)11-19(24)22-21-23-20-16-5-3-4-6-17(16)27-12-18(20)28-21/h3-10,13H,11-12H2,1-2H3,(H,22,23,24). The molecule has 0 saturated carbocycles. The molecule has 0 bridgehead atoms. The molecule has 150 valence electrons. The molecule has 1 aliphatic rings. The Hall–Kier alpha value is -2.71. The Bertz CT molecular complexity index is 1170. The zero-order valence-electron chi connectivity index (χ0n) is 16.0. The topological polar surface area (TPSA) is 85.4 Å². The van der Waals surface area contributed by atoms with Gasteiger partial charge in [0.1, 0.15) is 12.4 Å². The highest BCUT2D eigenvalue weighted by Gasteiger charge is 2.22. The van der Waals surface area contributed by atoms with Crippen LogP contribution < -0.4 is 10.1 Å². The fraction of sp³-hybridized carbons (Fsp3) is 0.238. The molecule has 2 heterocycles. The summed E-state index contributed by atoms with van der Waals surface area (Å²) in [5, 5.41) is 2.88. The smallest absolute Gasteiger partial charge is 0.230 e. The van der Waals surface area contributed by atoms with Gasteiger partial charge < -0.3 is 10.1 Å². The maximum absolute atomic E-state index is 12.4. The molecule has 0 aliphatic carbocycles. The number of sulfone groups is 1. The molecule has 0 spiro atoms. The van der Waals surface area contributed by atoms with Crippen molar-refractivity contribution in [1.82, 2.24) is 4.98 Å². The van der Waals surface area contributed by atoms with Gasteiger partial charge in [-0.15, -0.1) is 0 Å². The lowest BCUT2D eigenvalue weighted by atomic mass is 10.1. The molecule has 0 saturated heterocycles. The molecule has 29 heavy (non-hydrogen) atoms. The monoisotopic (exact) mass is 428 g/mol. The Balaban J connectivity index is 1.46. The number of para-hydroxylation sites is 1. The van der Waals surface area contributed by atoms with Gasteiger partial charge in [0, 0.05) is 5.56 Å². The van der Waals surface area contributed by atoms with Gasteiger partial charge in [-0.3, -0.25) is 4.79 Å². The summed E-state index contributed by atoms with van der Waals surface area (Å²) in [5.74, 6) is 0.587. The number of nitrogens with zero attached hydrogens (tertiary/aromatic N) is 1. The summed E-state index contributed by atoms with van der Waals surface area (Å²) in [4.78, 5) is 18.2. The molecule has 0 fully saturated rings. The molecular formula is C21H20N2O4S2. The first kappa shape index (κ1) is 19.6. The highest BCUT2D eigenvalue weighted by molar-refractivity contribution is 7.92. The second-order valence-electron chi connectivity index (χ2n) is 7.04. The second kappa shape index (κ2) is 7.61. The van der Waals surface area contributed by atoms with E-state index in [4.69, 9.17) is 4.74 Å². The number of nitrogens with one attached hydrogen (secondary N) is 1. The van der Waals surface area contributed by atoms with Crippen molar-refractivity contribution in [3.63, 3.8) is 0 Å². The Labute approximate surface area is 173 Å². The number of hydrogen-bond donors (Lipinski definition) is 1. The first-order valence-corrected chi connectivity index (χ1v) is 11.6. The molecule has 1 aromatic heterocycles. The number of anilines is 1. The number of thiazole rings is 1. The van der Waals surface area contributed by atoms with Gasteiger partial charge in [-0.25, -0.2) is 13.4 Å². The van der Waals surface area contributed by atoms with E-state index in [0.29, 0.717) is 11.7 Å². The van der Waals surface area contributed by atoms with Crippen molar-refractivity contribution < 1.29 is 17.9 Å². The number of amides is 1. The molecule has 2 aromatic carbocycles. The molecule has 4 rings (SSSR count). The number of ether oxygens (including phenoxy) is 1. The van der Waals surface area contributed by atoms with Crippen molar-refractivity contribution in [1.29, 1.82) is 0 Å². The van der Waals surface area contributed by atoms with Crippen LogP contribution >= 0.6 is 11.3 Å². The number of carbonyl (C=O) groups is 1. The van der Waals surface area contributed by atoms with Crippen LogP contribution in [0.1, 0.15) is 24.3 Å². The summed E-state index contributed by atoms with van der Waals surface area (Å²) in [6.07, 6.45) is 0.138. The number of benzene rings is 2. The van der Waals surface area contributed by atoms with Crippen LogP contribution in [-0.2, 0) is 27.7 Å². The van der Waals surface area contributed by atoms with Gasteiger partial charge in [0.2, 0.25) is 5.91 Å². The van der Waals surface area contributed by atoms with E-state index in [1.807, 2.05) is 24.3 Å². The lowest BCUT2D eigenvalue weighted by molar-refractivity contribution is -0.115. The fourth-order valence-electron chi connectivity index (χ4n) is 3.06. The highest BCUT2D eigenvalue weighted by atomic mass is 32.2. The van der Waals surface area contributed by atoms with E-state index in [9.17, 15) is 13.2 Å². The van der Waals surface area contributed by atoms with Crippen LogP contribution in [0.2, 0.25) is 0 Å². The van der Waals surface area contributed by atoms with Gasteiger partial charge >= 0.3 is 0 Å². The second-order valence-corrected chi connectivity index (χ2v) is 10.6. The van der Waals surface area contributed by atoms with Gasteiger partial charge in [0.05, 0.1) is 27.1 Å². The first-order chi connectivity index (χ1) is 13.8.